The van der Waals surface area contributed by atoms with Gasteiger partial charge in [-0.25, -0.2) is 0 Å². The largest absolute Gasteiger partial charge is 0.397 e. The first-order valence-electron chi connectivity index (χ1n) is 3.22. The van der Waals surface area contributed by atoms with Crippen molar-refractivity contribution in [2.24, 2.45) is 0 Å². The van der Waals surface area contributed by atoms with Crippen LogP contribution < -0.4 is 0 Å². The van der Waals surface area contributed by atoms with Crippen molar-refractivity contribution >= 4 is 8.56 Å². The fraction of sp³-hybridized carbons (Fsp3) is 0.500. The molecule has 11 heavy (non-hydrogen) atoms. The Labute approximate surface area is 69.1 Å². The van der Waals surface area contributed by atoms with Crippen LogP contribution in [0.2, 0.25) is 12.1 Å². The van der Waals surface area contributed by atoms with Gasteiger partial charge in [-0.05, 0) is 0 Å². The molecular formula is C8H12O2Si. The van der Waals surface area contributed by atoms with E-state index in [1.54, 1.807) is 14.2 Å². The van der Waals surface area contributed by atoms with Crippen LogP contribution in [0.1, 0.15) is 0 Å². The maximum atomic E-state index is 5.20. The molecule has 0 N–H and O–H groups in total. The molecule has 0 saturated carbocycles. The van der Waals surface area contributed by atoms with Gasteiger partial charge in [-0.15, -0.1) is 24.7 Å². The maximum absolute atomic E-state index is 5.20. The first-order valence-corrected chi connectivity index (χ1v) is 5.45. The highest BCUT2D eigenvalue weighted by Gasteiger charge is 2.33. The lowest BCUT2D eigenvalue weighted by Gasteiger charge is -2.22. The SMILES string of the molecule is C#CC[Si](CC#C)(OC)OC. The minimum absolute atomic E-state index is 0.504. The summed E-state index contributed by atoms with van der Waals surface area (Å²) in [6, 6.07) is 1.01. The fourth-order valence-electron chi connectivity index (χ4n) is 0.746. The molecule has 0 aromatic rings. The fourth-order valence-corrected chi connectivity index (χ4v) is 2.24. The molecule has 0 aliphatic rings. The molecule has 0 atom stereocenters. The number of hydrogen-bond donors (Lipinski definition) is 0. The zero-order valence-electron chi connectivity index (χ0n) is 6.89. The second kappa shape index (κ2) is 4.98. The van der Waals surface area contributed by atoms with E-state index in [1.807, 2.05) is 0 Å². The highest BCUT2D eigenvalue weighted by atomic mass is 28.4. The van der Waals surface area contributed by atoms with Gasteiger partial charge in [-0.2, -0.15) is 0 Å². The van der Waals surface area contributed by atoms with Crippen molar-refractivity contribution in [3.8, 4) is 24.7 Å². The first kappa shape index (κ1) is 10.3. The Morgan fingerprint density at radius 3 is 1.64 bits per heavy atom. The smallest absolute Gasteiger partial charge is 0.362 e. The van der Waals surface area contributed by atoms with E-state index in [0.717, 1.165) is 0 Å². The van der Waals surface area contributed by atoms with E-state index in [0.29, 0.717) is 12.1 Å². The number of rotatable bonds is 4. The standard InChI is InChI=1S/C8H12O2Si/c1-5-7-11(9-3,10-4)8-6-2/h1-2H,7-8H2,3-4H3. The normalized spacial score (nSPS) is 10.2. The quantitative estimate of drug-likeness (QED) is 0.460. The Hall–Kier alpha value is -0.743. The Morgan fingerprint density at radius 1 is 1.09 bits per heavy atom. The van der Waals surface area contributed by atoms with Crippen LogP contribution in [-0.4, -0.2) is 22.8 Å². The zero-order valence-corrected chi connectivity index (χ0v) is 7.89. The van der Waals surface area contributed by atoms with Crippen molar-refractivity contribution in [1.82, 2.24) is 0 Å². The molecule has 0 amide bonds. The average molecular weight is 168 g/mol. The summed E-state index contributed by atoms with van der Waals surface area (Å²) in [6.07, 6.45) is 10.3. The van der Waals surface area contributed by atoms with E-state index < -0.39 is 8.56 Å². The Morgan fingerprint density at radius 2 is 1.45 bits per heavy atom. The molecule has 0 saturated heterocycles. The summed E-state index contributed by atoms with van der Waals surface area (Å²) in [5.41, 5.74) is 0. The average Bonchev–Trinajstić information content (AvgIpc) is 2.04. The van der Waals surface area contributed by atoms with Crippen LogP contribution in [0.3, 0.4) is 0 Å². The molecule has 0 aromatic heterocycles. The van der Waals surface area contributed by atoms with Gasteiger partial charge in [0.1, 0.15) is 0 Å². The van der Waals surface area contributed by atoms with E-state index in [1.165, 1.54) is 0 Å². The number of terminal acetylenes is 2. The van der Waals surface area contributed by atoms with Gasteiger partial charge in [0, 0.05) is 14.2 Å². The van der Waals surface area contributed by atoms with Crippen LogP contribution in [0, 0.1) is 24.7 Å². The van der Waals surface area contributed by atoms with E-state index in [-0.39, 0.29) is 0 Å². The summed E-state index contributed by atoms with van der Waals surface area (Å²) in [4.78, 5) is 0. The van der Waals surface area contributed by atoms with E-state index in [9.17, 15) is 0 Å². The molecule has 0 unspecified atom stereocenters. The summed E-state index contributed by atoms with van der Waals surface area (Å²) >= 11 is 0. The maximum Gasteiger partial charge on any atom is 0.362 e. The third-order valence-corrected chi connectivity index (χ3v) is 4.46. The van der Waals surface area contributed by atoms with Gasteiger partial charge in [-0.1, -0.05) is 0 Å². The van der Waals surface area contributed by atoms with E-state index >= 15 is 0 Å². The molecular weight excluding hydrogens is 156 g/mol. The van der Waals surface area contributed by atoms with Crippen molar-refractivity contribution < 1.29 is 8.85 Å². The van der Waals surface area contributed by atoms with Gasteiger partial charge in [0.05, 0.1) is 12.1 Å². The lowest BCUT2D eigenvalue weighted by Crippen LogP contribution is -2.38. The molecule has 0 bridgehead atoms. The monoisotopic (exact) mass is 168 g/mol. The van der Waals surface area contributed by atoms with Crippen molar-refractivity contribution in [3.05, 3.63) is 0 Å². The highest BCUT2D eigenvalue weighted by molar-refractivity contribution is 6.68. The van der Waals surface area contributed by atoms with Crippen LogP contribution in [0.25, 0.3) is 0 Å². The summed E-state index contributed by atoms with van der Waals surface area (Å²) in [5, 5.41) is 0. The minimum atomic E-state index is -2.22. The molecule has 0 spiro atoms. The van der Waals surface area contributed by atoms with E-state index in [4.69, 9.17) is 21.7 Å². The molecule has 0 rings (SSSR count). The lowest BCUT2D eigenvalue weighted by molar-refractivity contribution is 0.250. The summed E-state index contributed by atoms with van der Waals surface area (Å²) in [7, 11) is 0.960. The third kappa shape index (κ3) is 2.77. The molecule has 0 fully saturated rings. The van der Waals surface area contributed by atoms with Crippen LogP contribution in [0.15, 0.2) is 0 Å². The van der Waals surface area contributed by atoms with Crippen molar-refractivity contribution in [1.29, 1.82) is 0 Å². The summed E-state index contributed by atoms with van der Waals surface area (Å²) < 4.78 is 10.4. The zero-order chi connectivity index (χ0) is 8.74. The highest BCUT2D eigenvalue weighted by Crippen LogP contribution is 2.15. The molecule has 0 aliphatic carbocycles. The molecule has 60 valence electrons. The molecule has 0 heterocycles. The Balaban J connectivity index is 4.25. The summed E-state index contributed by atoms with van der Waals surface area (Å²) in [5.74, 6) is 5.02. The number of hydrogen-bond acceptors (Lipinski definition) is 2. The van der Waals surface area contributed by atoms with Crippen LogP contribution in [-0.2, 0) is 8.85 Å². The second-order valence-electron chi connectivity index (χ2n) is 2.08. The molecule has 3 heteroatoms. The Kier molecular flexibility index (Phi) is 4.64. The molecule has 0 aliphatic heterocycles. The van der Waals surface area contributed by atoms with Gasteiger partial charge in [0.15, 0.2) is 0 Å². The Bertz CT molecular complexity index is 165. The van der Waals surface area contributed by atoms with E-state index in [2.05, 4.69) is 11.8 Å². The van der Waals surface area contributed by atoms with Crippen molar-refractivity contribution in [2.45, 2.75) is 12.1 Å². The second-order valence-corrected chi connectivity index (χ2v) is 5.43. The topological polar surface area (TPSA) is 18.5 Å². The third-order valence-electron chi connectivity index (χ3n) is 1.49. The van der Waals surface area contributed by atoms with Gasteiger partial charge in [0.2, 0.25) is 0 Å². The van der Waals surface area contributed by atoms with Crippen LogP contribution in [0.5, 0.6) is 0 Å². The van der Waals surface area contributed by atoms with Crippen molar-refractivity contribution in [3.63, 3.8) is 0 Å². The molecule has 2 nitrogen and oxygen atoms in total. The van der Waals surface area contributed by atoms with Crippen LogP contribution in [0.4, 0.5) is 0 Å². The van der Waals surface area contributed by atoms with Crippen molar-refractivity contribution in [2.75, 3.05) is 14.2 Å². The molecule has 0 aromatic carbocycles. The lowest BCUT2D eigenvalue weighted by atomic mass is 10.8. The van der Waals surface area contributed by atoms with Crippen LogP contribution >= 0.6 is 0 Å². The van der Waals surface area contributed by atoms with Gasteiger partial charge in [0.25, 0.3) is 0 Å². The van der Waals surface area contributed by atoms with Gasteiger partial charge in [-0.3, -0.25) is 0 Å². The first-order chi connectivity index (χ1) is 5.24. The minimum Gasteiger partial charge on any atom is -0.397 e. The predicted molar refractivity (Wildman–Crippen MR) is 47.1 cm³/mol. The molecule has 0 radical (unpaired) electrons. The van der Waals surface area contributed by atoms with Gasteiger partial charge >= 0.3 is 8.56 Å². The van der Waals surface area contributed by atoms with Gasteiger partial charge < -0.3 is 8.85 Å². The summed E-state index contributed by atoms with van der Waals surface area (Å²) in [6.45, 7) is 0. The predicted octanol–water partition coefficient (Wildman–Crippen LogP) is 0.988.